The molecule has 1 saturated heterocycles. The monoisotopic (exact) mass is 539 g/mol. The molecule has 0 saturated carbocycles. The van der Waals surface area contributed by atoms with Gasteiger partial charge in [0.25, 0.3) is 0 Å². The Hall–Kier alpha value is -2.62. The van der Waals surface area contributed by atoms with Crippen molar-refractivity contribution < 1.29 is 27.4 Å². The number of hydrogen-bond donors (Lipinski definition) is 2. The number of ether oxygens (including phenoxy) is 1. The normalized spacial score (nSPS) is 16.6. The first-order chi connectivity index (χ1) is 17.7. The molecule has 1 aliphatic rings. The van der Waals surface area contributed by atoms with Gasteiger partial charge in [-0.2, -0.15) is 0 Å². The van der Waals surface area contributed by atoms with Crippen LogP contribution in [0.1, 0.15) is 37.4 Å². The van der Waals surface area contributed by atoms with Crippen LogP contribution in [0.25, 0.3) is 10.9 Å². The molecule has 3 aromatic rings. The van der Waals surface area contributed by atoms with Gasteiger partial charge in [0.05, 0.1) is 17.6 Å². The minimum absolute atomic E-state index is 0.0591. The summed E-state index contributed by atoms with van der Waals surface area (Å²) in [5.74, 6) is -2.33. The van der Waals surface area contributed by atoms with Crippen LogP contribution < -0.4 is 10.1 Å². The molecule has 37 heavy (non-hydrogen) atoms. The summed E-state index contributed by atoms with van der Waals surface area (Å²) >= 11 is 6.35. The summed E-state index contributed by atoms with van der Waals surface area (Å²) < 4.78 is 61.6. The predicted molar refractivity (Wildman–Crippen MR) is 136 cm³/mol. The zero-order valence-electron chi connectivity index (χ0n) is 20.5. The third-order valence-electron chi connectivity index (χ3n) is 7.30. The third kappa shape index (κ3) is 6.27. The SMILES string of the molecule is COc1ccc2ncc(Cl)c([C@@H](F)CCC3(CO)CCN(CCNc4c(F)cc(F)cc4F)CC3)c2c1. The average Bonchev–Trinajstić information content (AvgIpc) is 2.89. The number of pyridine rings is 1. The van der Waals surface area contributed by atoms with Crippen molar-refractivity contribution in [3.05, 3.63) is 64.6 Å². The molecular weight excluding hydrogens is 510 g/mol. The lowest BCUT2D eigenvalue weighted by atomic mass is 9.74. The number of piperidine rings is 1. The predicted octanol–water partition coefficient (Wildman–Crippen LogP) is 6.29. The van der Waals surface area contributed by atoms with Crippen molar-refractivity contribution in [1.29, 1.82) is 0 Å². The van der Waals surface area contributed by atoms with Crippen molar-refractivity contribution in [3.63, 3.8) is 0 Å². The molecule has 0 radical (unpaired) electrons. The average molecular weight is 540 g/mol. The van der Waals surface area contributed by atoms with Gasteiger partial charge < -0.3 is 20.1 Å². The van der Waals surface area contributed by atoms with Gasteiger partial charge >= 0.3 is 0 Å². The van der Waals surface area contributed by atoms with E-state index in [-0.39, 0.29) is 30.3 Å². The Balaban J connectivity index is 1.33. The number of hydrogen-bond acceptors (Lipinski definition) is 5. The van der Waals surface area contributed by atoms with E-state index in [2.05, 4.69) is 15.2 Å². The Morgan fingerprint density at radius 1 is 1.16 bits per heavy atom. The Morgan fingerprint density at radius 3 is 2.51 bits per heavy atom. The Morgan fingerprint density at radius 2 is 1.86 bits per heavy atom. The van der Waals surface area contributed by atoms with Gasteiger partial charge in [0.2, 0.25) is 0 Å². The lowest BCUT2D eigenvalue weighted by molar-refractivity contribution is 0.0315. The van der Waals surface area contributed by atoms with Gasteiger partial charge in [-0.3, -0.25) is 4.98 Å². The van der Waals surface area contributed by atoms with Crippen LogP contribution in [-0.4, -0.2) is 54.9 Å². The smallest absolute Gasteiger partial charge is 0.152 e. The van der Waals surface area contributed by atoms with Crippen LogP contribution in [0.2, 0.25) is 5.02 Å². The molecule has 10 heteroatoms. The summed E-state index contributed by atoms with van der Waals surface area (Å²) in [5, 5.41) is 13.7. The number of nitrogens with zero attached hydrogens (tertiary/aromatic N) is 2. The van der Waals surface area contributed by atoms with E-state index >= 15 is 4.39 Å². The molecule has 0 spiro atoms. The quantitative estimate of drug-likeness (QED) is 0.296. The second kappa shape index (κ2) is 11.8. The number of alkyl halides is 1. The molecule has 5 nitrogen and oxygen atoms in total. The molecule has 2 N–H and O–H groups in total. The summed E-state index contributed by atoms with van der Waals surface area (Å²) in [7, 11) is 1.54. The number of methoxy groups -OCH3 is 1. The van der Waals surface area contributed by atoms with Crippen LogP contribution in [-0.2, 0) is 0 Å². The summed E-state index contributed by atoms with van der Waals surface area (Å²) in [6.45, 7) is 2.04. The van der Waals surface area contributed by atoms with Crippen LogP contribution in [0.5, 0.6) is 5.75 Å². The third-order valence-corrected chi connectivity index (χ3v) is 7.60. The van der Waals surface area contributed by atoms with Gasteiger partial charge in [-0.15, -0.1) is 0 Å². The van der Waals surface area contributed by atoms with Crippen LogP contribution in [0, 0.1) is 22.9 Å². The molecule has 200 valence electrons. The number of aromatic nitrogens is 1. The first kappa shape index (κ1) is 27.4. The number of rotatable bonds is 10. The Kier molecular flexibility index (Phi) is 8.77. The zero-order valence-corrected chi connectivity index (χ0v) is 21.3. The summed E-state index contributed by atoms with van der Waals surface area (Å²) in [5.41, 5.74) is 0.234. The maximum atomic E-state index is 15.6. The maximum Gasteiger partial charge on any atom is 0.152 e. The molecule has 4 rings (SSSR count). The van der Waals surface area contributed by atoms with Crippen molar-refractivity contribution in [2.75, 3.05) is 45.2 Å². The Bertz CT molecular complexity index is 1210. The number of aliphatic hydroxyl groups is 1. The number of likely N-dealkylation sites (tertiary alicyclic amines) is 1. The first-order valence-corrected chi connectivity index (χ1v) is 12.6. The highest BCUT2D eigenvalue weighted by atomic mass is 35.5. The fourth-order valence-electron chi connectivity index (χ4n) is 4.98. The zero-order chi connectivity index (χ0) is 26.6. The summed E-state index contributed by atoms with van der Waals surface area (Å²) in [6, 6.07) is 6.53. The highest BCUT2D eigenvalue weighted by Gasteiger charge is 2.35. The molecule has 1 aliphatic heterocycles. The highest BCUT2D eigenvalue weighted by molar-refractivity contribution is 6.32. The molecular formula is C27H30ClF4N3O2. The second-order valence-electron chi connectivity index (χ2n) is 9.58. The molecule has 1 aromatic heterocycles. The molecule has 2 aromatic carbocycles. The van der Waals surface area contributed by atoms with E-state index in [4.69, 9.17) is 16.3 Å². The largest absolute Gasteiger partial charge is 0.497 e. The van der Waals surface area contributed by atoms with E-state index in [1.165, 1.54) is 6.20 Å². The molecule has 0 bridgehead atoms. The molecule has 1 atom stereocenters. The molecule has 0 unspecified atom stereocenters. The fraction of sp³-hybridized carbons (Fsp3) is 0.444. The van der Waals surface area contributed by atoms with Crippen molar-refractivity contribution in [1.82, 2.24) is 9.88 Å². The maximum absolute atomic E-state index is 15.6. The molecule has 0 aliphatic carbocycles. The van der Waals surface area contributed by atoms with Gasteiger partial charge in [-0.1, -0.05) is 11.6 Å². The second-order valence-corrected chi connectivity index (χ2v) is 9.99. The topological polar surface area (TPSA) is 57.6 Å². The lowest BCUT2D eigenvalue weighted by Gasteiger charge is -2.41. The van der Waals surface area contributed by atoms with Gasteiger partial charge in [-0.05, 0) is 62.4 Å². The van der Waals surface area contributed by atoms with E-state index < -0.39 is 29.0 Å². The highest BCUT2D eigenvalue weighted by Crippen LogP contribution is 2.41. The lowest BCUT2D eigenvalue weighted by Crippen LogP contribution is -2.43. The van der Waals surface area contributed by atoms with E-state index in [9.17, 15) is 18.3 Å². The van der Waals surface area contributed by atoms with E-state index in [0.717, 1.165) is 0 Å². The van der Waals surface area contributed by atoms with Crippen molar-refractivity contribution in [2.24, 2.45) is 5.41 Å². The van der Waals surface area contributed by atoms with E-state index in [1.54, 1.807) is 25.3 Å². The number of aliphatic hydroxyl groups excluding tert-OH is 1. The summed E-state index contributed by atoms with van der Waals surface area (Å²) in [4.78, 5) is 6.40. The summed E-state index contributed by atoms with van der Waals surface area (Å²) in [6.07, 6.45) is 2.11. The molecule has 1 fully saturated rings. The van der Waals surface area contributed by atoms with Gasteiger partial charge in [0.1, 0.15) is 23.4 Å². The van der Waals surface area contributed by atoms with Crippen LogP contribution in [0.4, 0.5) is 23.2 Å². The number of benzene rings is 2. The van der Waals surface area contributed by atoms with Gasteiger partial charge in [0, 0.05) is 49.0 Å². The van der Waals surface area contributed by atoms with Crippen molar-refractivity contribution in [3.8, 4) is 5.75 Å². The Labute approximate surface area is 218 Å². The minimum Gasteiger partial charge on any atom is -0.497 e. The number of halogens is 5. The van der Waals surface area contributed by atoms with E-state index in [0.29, 0.717) is 73.2 Å². The number of nitrogens with one attached hydrogen (secondary N) is 1. The molecule has 2 heterocycles. The van der Waals surface area contributed by atoms with Crippen molar-refractivity contribution in [2.45, 2.75) is 31.9 Å². The van der Waals surface area contributed by atoms with Crippen molar-refractivity contribution >= 4 is 28.2 Å². The van der Waals surface area contributed by atoms with Gasteiger partial charge in [0.15, 0.2) is 11.6 Å². The van der Waals surface area contributed by atoms with Crippen LogP contribution >= 0.6 is 11.6 Å². The van der Waals surface area contributed by atoms with Gasteiger partial charge in [-0.25, -0.2) is 17.6 Å². The van der Waals surface area contributed by atoms with E-state index in [1.807, 2.05) is 0 Å². The standard InChI is InChI=1S/C27H30ClF4N3O2/c1-37-18-2-3-24-19(14-18)25(20(28)15-34-24)21(30)4-5-27(16-36)6-9-35(10-7-27)11-8-33-26-22(31)12-17(29)13-23(26)32/h2-3,12-15,21,33,36H,4-11,16H2,1H3/t21-/m0/s1. The van der Waals surface area contributed by atoms with Crippen LogP contribution in [0.15, 0.2) is 36.5 Å². The minimum atomic E-state index is -1.34. The fourth-order valence-corrected chi connectivity index (χ4v) is 5.25. The number of fused-ring (bicyclic) bond motifs is 1. The number of anilines is 1. The first-order valence-electron chi connectivity index (χ1n) is 12.2. The molecule has 0 amide bonds. The van der Waals surface area contributed by atoms with Crippen LogP contribution in [0.3, 0.4) is 0 Å².